The van der Waals surface area contributed by atoms with Gasteiger partial charge in [0.25, 0.3) is 0 Å². The second-order valence-corrected chi connectivity index (χ2v) is 4.81. The van der Waals surface area contributed by atoms with Crippen LogP contribution in [0, 0.1) is 0 Å². The lowest BCUT2D eigenvalue weighted by Crippen LogP contribution is -2.33. The van der Waals surface area contributed by atoms with Crippen molar-refractivity contribution in [3.63, 3.8) is 0 Å². The van der Waals surface area contributed by atoms with Crippen molar-refractivity contribution in [3.8, 4) is 0 Å². The van der Waals surface area contributed by atoms with Gasteiger partial charge in [-0.05, 0) is 31.7 Å². The highest BCUT2D eigenvalue weighted by Crippen LogP contribution is 2.15. The SMILES string of the molecule is CNC(C)c1ccc(NC(=O)N(C)CCC(=O)OC)cc1. The molecule has 0 bridgehead atoms. The number of hydrogen-bond acceptors (Lipinski definition) is 4. The quantitative estimate of drug-likeness (QED) is 0.787. The highest BCUT2D eigenvalue weighted by atomic mass is 16.5. The summed E-state index contributed by atoms with van der Waals surface area (Å²) in [5.74, 6) is -0.333. The molecule has 0 spiro atoms. The molecule has 0 fully saturated rings. The predicted octanol–water partition coefficient (Wildman–Crippen LogP) is 1.99. The fraction of sp³-hybridized carbons (Fsp3) is 0.467. The number of anilines is 1. The second-order valence-electron chi connectivity index (χ2n) is 4.81. The van der Waals surface area contributed by atoms with Crippen molar-refractivity contribution in [1.82, 2.24) is 10.2 Å². The first-order valence-electron chi connectivity index (χ1n) is 6.84. The van der Waals surface area contributed by atoms with Gasteiger partial charge in [-0.2, -0.15) is 0 Å². The lowest BCUT2D eigenvalue weighted by Gasteiger charge is -2.18. The molecule has 1 rings (SSSR count). The van der Waals surface area contributed by atoms with E-state index < -0.39 is 0 Å². The van der Waals surface area contributed by atoms with Crippen molar-refractivity contribution in [1.29, 1.82) is 0 Å². The van der Waals surface area contributed by atoms with E-state index in [0.29, 0.717) is 6.54 Å². The van der Waals surface area contributed by atoms with Crippen LogP contribution in [0.1, 0.15) is 24.9 Å². The third-order valence-corrected chi connectivity index (χ3v) is 3.32. The van der Waals surface area contributed by atoms with Crippen LogP contribution in [-0.2, 0) is 9.53 Å². The molecule has 6 heteroatoms. The Labute approximate surface area is 125 Å². The highest BCUT2D eigenvalue weighted by Gasteiger charge is 2.11. The number of hydrogen-bond donors (Lipinski definition) is 2. The van der Waals surface area contributed by atoms with E-state index in [9.17, 15) is 9.59 Å². The zero-order valence-electron chi connectivity index (χ0n) is 13.0. The van der Waals surface area contributed by atoms with E-state index in [1.165, 1.54) is 12.0 Å². The summed E-state index contributed by atoms with van der Waals surface area (Å²) in [6.07, 6.45) is 0.180. The van der Waals surface area contributed by atoms with E-state index in [1.54, 1.807) is 7.05 Å². The van der Waals surface area contributed by atoms with Crippen LogP contribution in [0.3, 0.4) is 0 Å². The number of nitrogens with one attached hydrogen (secondary N) is 2. The molecule has 0 saturated carbocycles. The molecule has 116 valence electrons. The first-order chi connectivity index (χ1) is 9.97. The number of benzene rings is 1. The van der Waals surface area contributed by atoms with Gasteiger partial charge >= 0.3 is 12.0 Å². The van der Waals surface area contributed by atoms with Gasteiger partial charge in [0.1, 0.15) is 0 Å². The Morgan fingerprint density at radius 3 is 2.43 bits per heavy atom. The molecular formula is C15H23N3O3. The third kappa shape index (κ3) is 5.43. The molecule has 0 aliphatic rings. The summed E-state index contributed by atoms with van der Waals surface area (Å²) in [5, 5.41) is 5.94. The Bertz CT molecular complexity index is 474. The van der Waals surface area contributed by atoms with Crippen molar-refractivity contribution >= 4 is 17.7 Å². The minimum atomic E-state index is -0.333. The molecule has 2 N–H and O–H groups in total. The average molecular weight is 293 g/mol. The van der Waals surface area contributed by atoms with Gasteiger partial charge in [0, 0.05) is 25.3 Å². The Morgan fingerprint density at radius 2 is 1.90 bits per heavy atom. The number of ether oxygens (including phenoxy) is 1. The zero-order chi connectivity index (χ0) is 15.8. The summed E-state index contributed by atoms with van der Waals surface area (Å²) >= 11 is 0. The summed E-state index contributed by atoms with van der Waals surface area (Å²) in [6, 6.07) is 7.65. The van der Waals surface area contributed by atoms with Gasteiger partial charge in [-0.25, -0.2) is 4.79 Å². The van der Waals surface area contributed by atoms with Crippen LogP contribution >= 0.6 is 0 Å². The van der Waals surface area contributed by atoms with Gasteiger partial charge < -0.3 is 20.3 Å². The number of carbonyl (C=O) groups excluding carboxylic acids is 2. The zero-order valence-corrected chi connectivity index (χ0v) is 13.0. The monoisotopic (exact) mass is 293 g/mol. The minimum absolute atomic E-state index is 0.180. The number of rotatable bonds is 6. The molecule has 1 aromatic carbocycles. The van der Waals surface area contributed by atoms with Crippen LogP contribution in [0.15, 0.2) is 24.3 Å². The van der Waals surface area contributed by atoms with Gasteiger partial charge in [-0.15, -0.1) is 0 Å². The standard InChI is InChI=1S/C15H23N3O3/c1-11(16-2)12-5-7-13(8-6-12)17-15(20)18(3)10-9-14(19)21-4/h5-8,11,16H,9-10H2,1-4H3,(H,17,20). The lowest BCUT2D eigenvalue weighted by molar-refractivity contribution is -0.140. The maximum absolute atomic E-state index is 11.9. The number of urea groups is 1. The summed E-state index contributed by atoms with van der Waals surface area (Å²) in [7, 11) is 4.86. The molecule has 2 amide bonds. The molecule has 0 heterocycles. The van der Waals surface area contributed by atoms with Gasteiger partial charge in [-0.3, -0.25) is 4.79 Å². The van der Waals surface area contributed by atoms with Gasteiger partial charge in [-0.1, -0.05) is 12.1 Å². The van der Waals surface area contributed by atoms with Crippen LogP contribution in [0.25, 0.3) is 0 Å². The molecular weight excluding hydrogens is 270 g/mol. The molecule has 0 saturated heterocycles. The molecule has 1 aromatic rings. The largest absolute Gasteiger partial charge is 0.469 e. The Balaban J connectivity index is 2.52. The third-order valence-electron chi connectivity index (χ3n) is 3.32. The molecule has 1 atom stereocenters. The van der Waals surface area contributed by atoms with Crippen LogP contribution in [0.5, 0.6) is 0 Å². The number of methoxy groups -OCH3 is 1. The van der Waals surface area contributed by atoms with Gasteiger partial charge in [0.2, 0.25) is 0 Å². The van der Waals surface area contributed by atoms with E-state index in [0.717, 1.165) is 11.3 Å². The molecule has 0 aliphatic heterocycles. The predicted molar refractivity (Wildman–Crippen MR) is 82.2 cm³/mol. The first kappa shape index (κ1) is 17.0. The van der Waals surface area contributed by atoms with E-state index in [4.69, 9.17) is 0 Å². The fourth-order valence-electron chi connectivity index (χ4n) is 1.70. The maximum Gasteiger partial charge on any atom is 0.321 e. The van der Waals surface area contributed by atoms with E-state index in [2.05, 4.69) is 22.3 Å². The molecule has 0 radical (unpaired) electrons. The topological polar surface area (TPSA) is 70.7 Å². The molecule has 21 heavy (non-hydrogen) atoms. The normalized spacial score (nSPS) is 11.6. The van der Waals surface area contributed by atoms with Crippen LogP contribution in [0.2, 0.25) is 0 Å². The Morgan fingerprint density at radius 1 is 1.29 bits per heavy atom. The fourth-order valence-corrected chi connectivity index (χ4v) is 1.70. The highest BCUT2D eigenvalue weighted by molar-refractivity contribution is 5.89. The van der Waals surface area contributed by atoms with E-state index in [-0.39, 0.29) is 24.5 Å². The molecule has 6 nitrogen and oxygen atoms in total. The lowest BCUT2D eigenvalue weighted by atomic mass is 10.1. The summed E-state index contributed by atoms with van der Waals surface area (Å²) in [5.41, 5.74) is 1.87. The number of nitrogens with zero attached hydrogens (tertiary/aromatic N) is 1. The summed E-state index contributed by atoms with van der Waals surface area (Å²) < 4.78 is 4.54. The number of esters is 1. The number of carbonyl (C=O) groups is 2. The van der Waals surface area contributed by atoms with Crippen LogP contribution in [0.4, 0.5) is 10.5 Å². The van der Waals surface area contributed by atoms with Gasteiger partial charge in [0.05, 0.1) is 13.5 Å². The van der Waals surface area contributed by atoms with Gasteiger partial charge in [0.15, 0.2) is 0 Å². The molecule has 0 aromatic heterocycles. The van der Waals surface area contributed by atoms with Crippen molar-refractivity contribution in [2.45, 2.75) is 19.4 Å². The van der Waals surface area contributed by atoms with Crippen molar-refractivity contribution < 1.29 is 14.3 Å². The Hall–Kier alpha value is -2.08. The first-order valence-corrected chi connectivity index (χ1v) is 6.84. The van der Waals surface area contributed by atoms with Crippen molar-refractivity contribution in [3.05, 3.63) is 29.8 Å². The van der Waals surface area contributed by atoms with Crippen molar-refractivity contribution in [2.75, 3.05) is 33.1 Å². The maximum atomic E-state index is 11.9. The number of amides is 2. The summed E-state index contributed by atoms with van der Waals surface area (Å²) in [6.45, 7) is 2.38. The summed E-state index contributed by atoms with van der Waals surface area (Å²) in [4.78, 5) is 24.4. The van der Waals surface area contributed by atoms with Crippen molar-refractivity contribution in [2.24, 2.45) is 0 Å². The molecule has 1 unspecified atom stereocenters. The molecule has 0 aliphatic carbocycles. The van der Waals surface area contributed by atoms with E-state index >= 15 is 0 Å². The van der Waals surface area contributed by atoms with E-state index in [1.807, 2.05) is 31.3 Å². The second kappa shape index (κ2) is 8.26. The average Bonchev–Trinajstić information content (AvgIpc) is 2.51. The van der Waals surface area contributed by atoms with Crippen LogP contribution in [-0.4, -0.2) is 44.7 Å². The van der Waals surface area contributed by atoms with Crippen LogP contribution < -0.4 is 10.6 Å². The smallest absolute Gasteiger partial charge is 0.321 e. The Kier molecular flexibility index (Phi) is 6.68. The minimum Gasteiger partial charge on any atom is -0.469 e.